The van der Waals surface area contributed by atoms with E-state index in [1.165, 1.54) is 0 Å². The van der Waals surface area contributed by atoms with E-state index in [0.29, 0.717) is 5.96 Å². The Morgan fingerprint density at radius 2 is 1.92 bits per heavy atom. The number of hydrogen-bond acceptors (Lipinski definition) is 2. The molecule has 0 bridgehead atoms. The molecule has 3 nitrogen and oxygen atoms in total. The Balaban J connectivity index is 0. The van der Waals surface area contributed by atoms with Crippen molar-refractivity contribution in [2.75, 3.05) is 12.8 Å². The van der Waals surface area contributed by atoms with Gasteiger partial charge >= 0.3 is 0 Å². The van der Waals surface area contributed by atoms with E-state index >= 15 is 0 Å². The second-order valence-electron chi connectivity index (χ2n) is 2.06. The zero-order valence-electron chi connectivity index (χ0n) is 9.29. The third-order valence-corrected chi connectivity index (χ3v) is 2.14. The first-order valence-electron chi connectivity index (χ1n) is 4.61. The van der Waals surface area contributed by atoms with Crippen molar-refractivity contribution in [2.24, 2.45) is 15.7 Å². The van der Waals surface area contributed by atoms with Gasteiger partial charge in [-0.05, 0) is 19.1 Å². The van der Waals surface area contributed by atoms with Gasteiger partial charge in [-0.15, -0.1) is 11.8 Å². The molecule has 0 aromatic heterocycles. The van der Waals surface area contributed by atoms with Gasteiger partial charge in [0.05, 0.1) is 5.04 Å². The van der Waals surface area contributed by atoms with E-state index in [4.69, 9.17) is 5.73 Å². The van der Waals surface area contributed by atoms with Crippen LogP contribution in [0.5, 0.6) is 0 Å². The van der Waals surface area contributed by atoms with Crippen LogP contribution < -0.4 is 5.73 Å². The summed E-state index contributed by atoms with van der Waals surface area (Å²) in [6, 6.07) is 0. The fraction of sp³-hybridized carbons (Fsp3) is 0.778. The van der Waals surface area contributed by atoms with Crippen molar-refractivity contribution in [2.45, 2.75) is 34.1 Å². The maximum Gasteiger partial charge on any atom is 0.215 e. The monoisotopic (exact) mass is 203 g/mol. The lowest BCUT2D eigenvalue weighted by molar-refractivity contribution is 1.11. The number of nitrogens with two attached hydrogens (primary N) is 1. The van der Waals surface area contributed by atoms with Crippen LogP contribution >= 0.6 is 11.8 Å². The molecule has 0 heterocycles. The Morgan fingerprint density at radius 3 is 2.31 bits per heavy atom. The number of aliphatic imine (C=N–C) groups is 2. The van der Waals surface area contributed by atoms with Crippen LogP contribution in [-0.2, 0) is 0 Å². The summed E-state index contributed by atoms with van der Waals surface area (Å²) in [5.74, 6) is 1.44. The van der Waals surface area contributed by atoms with Crippen molar-refractivity contribution in [1.29, 1.82) is 0 Å². The van der Waals surface area contributed by atoms with Crippen molar-refractivity contribution >= 4 is 22.8 Å². The second-order valence-corrected chi connectivity index (χ2v) is 3.35. The summed E-state index contributed by atoms with van der Waals surface area (Å²) < 4.78 is 0. The first-order valence-corrected chi connectivity index (χ1v) is 5.59. The van der Waals surface area contributed by atoms with Gasteiger partial charge in [0.1, 0.15) is 0 Å². The summed E-state index contributed by atoms with van der Waals surface area (Å²) in [6.07, 6.45) is 1.15. The van der Waals surface area contributed by atoms with E-state index in [1.54, 1.807) is 18.8 Å². The molecule has 0 amide bonds. The van der Waals surface area contributed by atoms with Crippen LogP contribution in [0.25, 0.3) is 0 Å². The zero-order valence-corrected chi connectivity index (χ0v) is 10.1. The molecule has 4 heteroatoms. The predicted molar refractivity (Wildman–Crippen MR) is 64.8 cm³/mol. The highest BCUT2D eigenvalue weighted by atomic mass is 32.2. The van der Waals surface area contributed by atoms with Gasteiger partial charge in [-0.25, -0.2) is 4.99 Å². The highest BCUT2D eigenvalue weighted by Gasteiger charge is 1.91. The van der Waals surface area contributed by atoms with Gasteiger partial charge in [0.2, 0.25) is 5.96 Å². The number of hydrogen-bond donors (Lipinski definition) is 1. The Hall–Kier alpha value is -0.510. The first kappa shape index (κ1) is 15.0. The fourth-order valence-corrected chi connectivity index (χ4v) is 1.15. The second kappa shape index (κ2) is 11.5. The first-order chi connectivity index (χ1) is 6.20. The lowest BCUT2D eigenvalue weighted by Gasteiger charge is -1.96. The van der Waals surface area contributed by atoms with Crippen LogP contribution in [0.4, 0.5) is 0 Å². The van der Waals surface area contributed by atoms with E-state index in [1.807, 2.05) is 20.8 Å². The quantitative estimate of drug-likeness (QED) is 0.554. The molecule has 0 fully saturated rings. The Morgan fingerprint density at radius 1 is 1.38 bits per heavy atom. The Kier molecular flexibility index (Phi) is 13.2. The minimum absolute atomic E-state index is 0.353. The van der Waals surface area contributed by atoms with Crippen molar-refractivity contribution < 1.29 is 0 Å². The van der Waals surface area contributed by atoms with Gasteiger partial charge in [-0.3, -0.25) is 4.99 Å². The number of nitrogens with zero attached hydrogens (tertiary/aromatic N) is 2. The van der Waals surface area contributed by atoms with Crippen molar-refractivity contribution in [1.82, 2.24) is 0 Å². The highest BCUT2D eigenvalue weighted by Crippen LogP contribution is 2.04. The summed E-state index contributed by atoms with van der Waals surface area (Å²) in [7, 11) is 1.64. The largest absolute Gasteiger partial charge is 0.368 e. The average molecular weight is 203 g/mol. The van der Waals surface area contributed by atoms with Gasteiger partial charge in [-0.2, -0.15) is 0 Å². The maximum absolute atomic E-state index is 5.39. The third-order valence-electron chi connectivity index (χ3n) is 1.02. The average Bonchev–Trinajstić information content (AvgIpc) is 2.17. The molecule has 0 unspecified atom stereocenters. The number of guanidine groups is 1. The third kappa shape index (κ3) is 11.5. The van der Waals surface area contributed by atoms with Crippen LogP contribution in [0, 0.1) is 0 Å². The summed E-state index contributed by atoms with van der Waals surface area (Å²) in [5.41, 5.74) is 5.39. The number of rotatable bonds is 2. The SMILES string of the molecule is CC.CCCS/C(C)=N/C(N)=NC. The molecule has 78 valence electrons. The summed E-state index contributed by atoms with van der Waals surface area (Å²) in [6.45, 7) is 8.08. The van der Waals surface area contributed by atoms with Crippen molar-refractivity contribution in [3.05, 3.63) is 0 Å². The molecule has 0 aliphatic carbocycles. The van der Waals surface area contributed by atoms with Crippen molar-refractivity contribution in [3.63, 3.8) is 0 Å². The summed E-state index contributed by atoms with van der Waals surface area (Å²) in [5, 5.41) is 0.981. The molecule has 2 N–H and O–H groups in total. The molecule has 0 spiro atoms. The lowest BCUT2D eigenvalue weighted by atomic mass is 10.6. The van der Waals surface area contributed by atoms with Crippen LogP contribution in [-0.4, -0.2) is 23.8 Å². The molecule has 0 aliphatic heterocycles. The van der Waals surface area contributed by atoms with E-state index in [0.717, 1.165) is 17.2 Å². The minimum atomic E-state index is 0.353. The molecular weight excluding hydrogens is 182 g/mol. The molecular formula is C9H21N3S. The fourth-order valence-electron chi connectivity index (χ4n) is 0.493. The minimum Gasteiger partial charge on any atom is -0.368 e. The molecule has 0 rings (SSSR count). The van der Waals surface area contributed by atoms with Gasteiger partial charge in [-0.1, -0.05) is 20.8 Å². The Labute approximate surface area is 85.9 Å². The highest BCUT2D eigenvalue weighted by molar-refractivity contribution is 8.13. The standard InChI is InChI=1S/C7H15N3S.C2H6/c1-4-5-11-6(2)10-7(8)9-3;1-2/h4-5H2,1-3H3,(H2,8,9);1-2H3/b10-6+;. The van der Waals surface area contributed by atoms with Crippen LogP contribution in [0.15, 0.2) is 9.98 Å². The van der Waals surface area contributed by atoms with E-state index in [2.05, 4.69) is 16.9 Å². The molecule has 0 saturated carbocycles. The summed E-state index contributed by atoms with van der Waals surface area (Å²) in [4.78, 5) is 7.77. The lowest BCUT2D eigenvalue weighted by Crippen LogP contribution is -2.09. The van der Waals surface area contributed by atoms with Gasteiger partial charge in [0.25, 0.3) is 0 Å². The van der Waals surface area contributed by atoms with E-state index in [-0.39, 0.29) is 0 Å². The summed E-state index contributed by atoms with van der Waals surface area (Å²) >= 11 is 1.71. The molecule has 13 heavy (non-hydrogen) atoms. The molecule has 0 atom stereocenters. The molecule has 0 aromatic rings. The smallest absolute Gasteiger partial charge is 0.215 e. The molecule has 0 radical (unpaired) electrons. The van der Waals surface area contributed by atoms with E-state index < -0.39 is 0 Å². The van der Waals surface area contributed by atoms with Gasteiger partial charge in [0, 0.05) is 7.05 Å². The normalized spacial score (nSPS) is 12.1. The zero-order chi connectivity index (χ0) is 10.7. The molecule has 0 saturated heterocycles. The van der Waals surface area contributed by atoms with E-state index in [9.17, 15) is 0 Å². The van der Waals surface area contributed by atoms with Crippen molar-refractivity contribution in [3.8, 4) is 0 Å². The van der Waals surface area contributed by atoms with Gasteiger partial charge < -0.3 is 5.73 Å². The predicted octanol–water partition coefficient (Wildman–Crippen LogP) is 2.52. The maximum atomic E-state index is 5.39. The molecule has 0 aliphatic rings. The van der Waals surface area contributed by atoms with Gasteiger partial charge in [0.15, 0.2) is 0 Å². The molecule has 0 aromatic carbocycles. The van der Waals surface area contributed by atoms with Crippen LogP contribution in [0.1, 0.15) is 34.1 Å². The Bertz CT molecular complexity index is 164. The topological polar surface area (TPSA) is 50.7 Å². The van der Waals surface area contributed by atoms with Crippen LogP contribution in [0.2, 0.25) is 0 Å². The number of thioether (sulfide) groups is 1. The van der Waals surface area contributed by atoms with Crippen LogP contribution in [0.3, 0.4) is 0 Å².